The van der Waals surface area contributed by atoms with Crippen LogP contribution in [-0.2, 0) is 0 Å². The number of carbonyl (C=O) groups is 1. The van der Waals surface area contributed by atoms with Gasteiger partial charge in [0, 0.05) is 11.3 Å². The fraction of sp³-hybridized carbons (Fsp3) is 0.0833. The zero-order valence-electron chi connectivity index (χ0n) is 8.66. The second-order valence-electron chi connectivity index (χ2n) is 3.52. The number of hydrogen-bond donors (Lipinski definition) is 1. The zero-order chi connectivity index (χ0) is 11.7. The van der Waals surface area contributed by atoms with Crippen molar-refractivity contribution in [3.63, 3.8) is 0 Å². The van der Waals surface area contributed by atoms with Gasteiger partial charge >= 0.3 is 0 Å². The van der Waals surface area contributed by atoms with Gasteiger partial charge in [0.1, 0.15) is 0 Å². The molecule has 0 aliphatic rings. The number of anilines is 1. The van der Waals surface area contributed by atoms with E-state index in [4.69, 9.17) is 17.3 Å². The van der Waals surface area contributed by atoms with Gasteiger partial charge in [-0.3, -0.25) is 4.79 Å². The van der Waals surface area contributed by atoms with Crippen molar-refractivity contribution in [3.05, 3.63) is 50.7 Å². The van der Waals surface area contributed by atoms with Crippen LogP contribution in [0.1, 0.15) is 20.8 Å². The summed E-state index contributed by atoms with van der Waals surface area (Å²) in [7, 11) is 0. The van der Waals surface area contributed by atoms with Crippen molar-refractivity contribution in [3.8, 4) is 0 Å². The number of aryl methyl sites for hydroxylation is 1. The van der Waals surface area contributed by atoms with Crippen LogP contribution in [0.2, 0.25) is 4.34 Å². The highest BCUT2D eigenvalue weighted by Crippen LogP contribution is 2.28. The molecule has 0 unspecified atom stereocenters. The Balaban J connectivity index is 2.35. The lowest BCUT2D eigenvalue weighted by molar-refractivity contribution is 0.104. The summed E-state index contributed by atoms with van der Waals surface area (Å²) < 4.78 is 0.666. The Bertz CT molecular complexity index is 511. The first-order chi connectivity index (χ1) is 7.58. The number of nitrogens with two attached hydrogens (primary N) is 1. The number of halogens is 1. The van der Waals surface area contributed by atoms with E-state index in [9.17, 15) is 4.79 Å². The first-order valence-corrected chi connectivity index (χ1v) is 5.93. The van der Waals surface area contributed by atoms with Gasteiger partial charge in [-0.15, -0.1) is 11.3 Å². The average molecular weight is 252 g/mol. The standard InChI is InChI=1S/C12H10ClNOS/c1-7-6-10(16-12(7)13)11(15)8-2-4-9(14)5-3-8/h2-6H,14H2,1H3. The average Bonchev–Trinajstić information content (AvgIpc) is 2.59. The molecule has 0 aliphatic heterocycles. The van der Waals surface area contributed by atoms with Gasteiger partial charge in [-0.1, -0.05) is 11.6 Å². The molecule has 82 valence electrons. The number of ketones is 1. The predicted octanol–water partition coefficient (Wildman–Crippen LogP) is 3.52. The van der Waals surface area contributed by atoms with Crippen LogP contribution in [0.15, 0.2) is 30.3 Å². The maximum atomic E-state index is 12.0. The highest BCUT2D eigenvalue weighted by atomic mass is 35.5. The van der Waals surface area contributed by atoms with Crippen LogP contribution in [-0.4, -0.2) is 5.78 Å². The van der Waals surface area contributed by atoms with Gasteiger partial charge in [-0.25, -0.2) is 0 Å². The fourth-order valence-electron chi connectivity index (χ4n) is 1.35. The molecule has 2 nitrogen and oxygen atoms in total. The zero-order valence-corrected chi connectivity index (χ0v) is 10.2. The number of benzene rings is 1. The summed E-state index contributed by atoms with van der Waals surface area (Å²) in [6, 6.07) is 8.69. The highest BCUT2D eigenvalue weighted by Gasteiger charge is 2.13. The summed E-state index contributed by atoms with van der Waals surface area (Å²) in [5.41, 5.74) is 7.78. The van der Waals surface area contributed by atoms with Crippen LogP contribution in [0.4, 0.5) is 5.69 Å². The van der Waals surface area contributed by atoms with Crippen LogP contribution in [0, 0.1) is 6.92 Å². The summed E-state index contributed by atoms with van der Waals surface area (Å²) in [5.74, 6) is -0.0139. The summed E-state index contributed by atoms with van der Waals surface area (Å²) in [6.45, 7) is 1.89. The molecule has 0 aliphatic carbocycles. The largest absolute Gasteiger partial charge is 0.399 e. The van der Waals surface area contributed by atoms with Crippen molar-refractivity contribution in [2.75, 3.05) is 5.73 Å². The summed E-state index contributed by atoms with van der Waals surface area (Å²) in [6.07, 6.45) is 0. The SMILES string of the molecule is Cc1cc(C(=O)c2ccc(N)cc2)sc1Cl. The molecular formula is C12H10ClNOS. The molecule has 0 radical (unpaired) electrons. The maximum absolute atomic E-state index is 12.0. The van der Waals surface area contributed by atoms with Gasteiger partial charge in [0.2, 0.25) is 5.78 Å². The van der Waals surface area contributed by atoms with Gasteiger partial charge in [-0.05, 0) is 42.8 Å². The first kappa shape index (κ1) is 11.2. The van der Waals surface area contributed by atoms with Gasteiger partial charge in [-0.2, -0.15) is 0 Å². The third-order valence-corrected chi connectivity index (χ3v) is 3.81. The van der Waals surface area contributed by atoms with E-state index in [0.29, 0.717) is 20.5 Å². The predicted molar refractivity (Wildman–Crippen MR) is 68.4 cm³/mol. The molecule has 1 aromatic carbocycles. The Labute approximate surface area is 103 Å². The van der Waals surface area contributed by atoms with E-state index in [2.05, 4.69) is 0 Å². The van der Waals surface area contributed by atoms with E-state index >= 15 is 0 Å². The summed E-state index contributed by atoms with van der Waals surface area (Å²) in [5, 5.41) is 0. The van der Waals surface area contributed by atoms with E-state index in [0.717, 1.165) is 5.56 Å². The van der Waals surface area contributed by atoms with Crippen LogP contribution in [0.5, 0.6) is 0 Å². The van der Waals surface area contributed by atoms with Crippen molar-refractivity contribution < 1.29 is 4.79 Å². The number of carbonyl (C=O) groups excluding carboxylic acids is 1. The van der Waals surface area contributed by atoms with E-state index in [1.54, 1.807) is 24.3 Å². The second kappa shape index (κ2) is 4.28. The molecule has 1 aromatic heterocycles. The molecule has 0 amide bonds. The smallest absolute Gasteiger partial charge is 0.203 e. The lowest BCUT2D eigenvalue weighted by Crippen LogP contribution is -1.98. The number of nitrogen functional groups attached to an aromatic ring is 1. The number of rotatable bonds is 2. The topological polar surface area (TPSA) is 43.1 Å². The van der Waals surface area contributed by atoms with E-state index in [1.165, 1.54) is 11.3 Å². The van der Waals surface area contributed by atoms with Crippen molar-refractivity contribution in [1.29, 1.82) is 0 Å². The normalized spacial score (nSPS) is 10.4. The molecule has 16 heavy (non-hydrogen) atoms. The first-order valence-electron chi connectivity index (χ1n) is 4.74. The Morgan fingerprint density at radius 2 is 1.94 bits per heavy atom. The van der Waals surface area contributed by atoms with Gasteiger partial charge in [0.25, 0.3) is 0 Å². The molecule has 0 saturated heterocycles. The molecule has 2 aromatic rings. The number of thiophene rings is 1. The Kier molecular flexibility index (Phi) is 2.99. The van der Waals surface area contributed by atoms with E-state index < -0.39 is 0 Å². The maximum Gasteiger partial charge on any atom is 0.203 e. The van der Waals surface area contributed by atoms with Gasteiger partial charge in [0.15, 0.2) is 0 Å². The monoisotopic (exact) mass is 251 g/mol. The Morgan fingerprint density at radius 1 is 1.31 bits per heavy atom. The fourth-order valence-corrected chi connectivity index (χ4v) is 2.51. The van der Waals surface area contributed by atoms with Crippen molar-refractivity contribution in [1.82, 2.24) is 0 Å². The Morgan fingerprint density at radius 3 is 2.44 bits per heavy atom. The minimum absolute atomic E-state index is 0.0139. The van der Waals surface area contributed by atoms with E-state index in [1.807, 2.05) is 13.0 Å². The summed E-state index contributed by atoms with van der Waals surface area (Å²) >= 11 is 7.24. The minimum atomic E-state index is -0.0139. The molecule has 2 N–H and O–H groups in total. The molecule has 0 spiro atoms. The molecule has 4 heteroatoms. The molecule has 2 rings (SSSR count). The lowest BCUT2D eigenvalue weighted by atomic mass is 10.1. The van der Waals surface area contributed by atoms with Crippen LogP contribution in [0.25, 0.3) is 0 Å². The van der Waals surface area contributed by atoms with Gasteiger partial charge in [0.05, 0.1) is 9.21 Å². The van der Waals surface area contributed by atoms with Crippen LogP contribution < -0.4 is 5.73 Å². The van der Waals surface area contributed by atoms with Crippen molar-refractivity contribution in [2.24, 2.45) is 0 Å². The molecule has 0 atom stereocenters. The molecule has 0 fully saturated rings. The molecule has 0 saturated carbocycles. The molecule has 1 heterocycles. The van der Waals surface area contributed by atoms with Gasteiger partial charge < -0.3 is 5.73 Å². The minimum Gasteiger partial charge on any atom is -0.399 e. The quantitative estimate of drug-likeness (QED) is 0.656. The highest BCUT2D eigenvalue weighted by molar-refractivity contribution is 7.18. The summed E-state index contributed by atoms with van der Waals surface area (Å²) in [4.78, 5) is 12.7. The Hall–Kier alpha value is -1.32. The molecular weight excluding hydrogens is 242 g/mol. The molecule has 0 bridgehead atoms. The lowest BCUT2D eigenvalue weighted by Gasteiger charge is -1.98. The third kappa shape index (κ3) is 2.10. The van der Waals surface area contributed by atoms with Crippen molar-refractivity contribution in [2.45, 2.75) is 6.92 Å². The third-order valence-electron chi connectivity index (χ3n) is 2.25. The second-order valence-corrected chi connectivity index (χ2v) is 5.17. The van der Waals surface area contributed by atoms with Crippen molar-refractivity contribution >= 4 is 34.4 Å². The van der Waals surface area contributed by atoms with E-state index in [-0.39, 0.29) is 5.78 Å². The number of hydrogen-bond acceptors (Lipinski definition) is 3. The van der Waals surface area contributed by atoms with Crippen LogP contribution >= 0.6 is 22.9 Å². The van der Waals surface area contributed by atoms with Crippen LogP contribution in [0.3, 0.4) is 0 Å².